The molecule has 1 aromatic carbocycles. The van der Waals surface area contributed by atoms with Gasteiger partial charge in [-0.2, -0.15) is 0 Å². The van der Waals surface area contributed by atoms with Crippen LogP contribution in [0.3, 0.4) is 0 Å². The van der Waals surface area contributed by atoms with E-state index in [1.54, 1.807) is 7.11 Å². The summed E-state index contributed by atoms with van der Waals surface area (Å²) in [6, 6.07) is 9.04. The van der Waals surface area contributed by atoms with E-state index < -0.39 is 0 Å². The average molecular weight is 389 g/mol. The van der Waals surface area contributed by atoms with Crippen molar-refractivity contribution in [2.24, 2.45) is 4.99 Å². The highest BCUT2D eigenvalue weighted by Crippen LogP contribution is 2.25. The summed E-state index contributed by atoms with van der Waals surface area (Å²) in [5.74, 6) is 1.02. The third-order valence-electron chi connectivity index (χ3n) is 5.77. The number of aliphatic imine (C=N–C) groups is 1. The largest absolute Gasteiger partial charge is 0.383 e. The van der Waals surface area contributed by atoms with Crippen LogP contribution in [-0.2, 0) is 9.47 Å². The second-order valence-electron chi connectivity index (χ2n) is 7.68. The maximum absolute atomic E-state index is 6.10. The van der Waals surface area contributed by atoms with Crippen LogP contribution in [-0.4, -0.2) is 81.4 Å². The molecule has 2 heterocycles. The summed E-state index contributed by atoms with van der Waals surface area (Å²) in [4.78, 5) is 9.90. The number of benzene rings is 1. The van der Waals surface area contributed by atoms with Gasteiger partial charge in [-0.1, -0.05) is 24.3 Å². The zero-order valence-corrected chi connectivity index (χ0v) is 17.7. The van der Waals surface area contributed by atoms with Crippen LogP contribution in [0.25, 0.3) is 0 Å². The molecule has 0 amide bonds. The highest BCUT2D eigenvalue weighted by atomic mass is 16.5. The minimum absolute atomic E-state index is 0.100. The second kappa shape index (κ2) is 10.8. The van der Waals surface area contributed by atoms with Gasteiger partial charge in [0.15, 0.2) is 5.96 Å². The Bertz CT molecular complexity index is 637. The molecule has 2 aliphatic rings. The van der Waals surface area contributed by atoms with Gasteiger partial charge in [0, 0.05) is 32.8 Å². The van der Waals surface area contributed by atoms with Crippen molar-refractivity contribution in [3.63, 3.8) is 0 Å². The molecule has 6 heteroatoms. The Labute approximate surface area is 169 Å². The van der Waals surface area contributed by atoms with Crippen molar-refractivity contribution in [1.29, 1.82) is 0 Å². The summed E-state index contributed by atoms with van der Waals surface area (Å²) >= 11 is 0. The lowest BCUT2D eigenvalue weighted by Crippen LogP contribution is -2.48. The lowest BCUT2D eigenvalue weighted by Gasteiger charge is -2.36. The third-order valence-corrected chi connectivity index (χ3v) is 5.77. The monoisotopic (exact) mass is 388 g/mol. The molecule has 1 N–H and O–H groups in total. The van der Waals surface area contributed by atoms with Crippen LogP contribution < -0.4 is 5.32 Å². The Morgan fingerprint density at radius 3 is 2.96 bits per heavy atom. The molecule has 2 unspecified atom stereocenters. The first kappa shape index (κ1) is 21.1. The number of likely N-dealkylation sites (tertiary alicyclic amines) is 1. The van der Waals surface area contributed by atoms with Crippen molar-refractivity contribution in [1.82, 2.24) is 15.1 Å². The molecule has 6 nitrogen and oxygen atoms in total. The number of rotatable bonds is 7. The fourth-order valence-electron chi connectivity index (χ4n) is 4.20. The molecule has 3 rings (SSSR count). The number of hydrogen-bond donors (Lipinski definition) is 1. The van der Waals surface area contributed by atoms with E-state index in [0.717, 1.165) is 58.4 Å². The predicted molar refractivity (Wildman–Crippen MR) is 114 cm³/mol. The lowest BCUT2D eigenvalue weighted by molar-refractivity contribution is -0.00836. The molecule has 0 aliphatic carbocycles. The molecule has 2 atom stereocenters. The first-order chi connectivity index (χ1) is 13.7. The van der Waals surface area contributed by atoms with Gasteiger partial charge >= 0.3 is 0 Å². The van der Waals surface area contributed by atoms with E-state index in [1.165, 1.54) is 24.0 Å². The van der Waals surface area contributed by atoms with Crippen molar-refractivity contribution < 1.29 is 9.47 Å². The molecule has 2 fully saturated rings. The van der Waals surface area contributed by atoms with Gasteiger partial charge in [-0.3, -0.25) is 9.89 Å². The highest BCUT2D eigenvalue weighted by Gasteiger charge is 2.27. The zero-order chi connectivity index (χ0) is 19.8. The Morgan fingerprint density at radius 2 is 2.18 bits per heavy atom. The van der Waals surface area contributed by atoms with Crippen LogP contribution in [0.5, 0.6) is 0 Å². The summed E-state index contributed by atoms with van der Waals surface area (Å²) < 4.78 is 11.4. The molecular formula is C22H36N4O2. The Balaban J connectivity index is 1.65. The van der Waals surface area contributed by atoms with Crippen LogP contribution in [0, 0.1) is 6.92 Å². The highest BCUT2D eigenvalue weighted by molar-refractivity contribution is 5.80. The number of methoxy groups -OCH3 is 1. The van der Waals surface area contributed by atoms with E-state index in [-0.39, 0.29) is 6.10 Å². The normalized spacial score (nSPS) is 24.0. The SMILES string of the molecule is CCNC(=NCC1CCCN1CCOC)N1CCOC(c2ccccc2C)C1. The molecule has 0 radical (unpaired) electrons. The number of nitrogens with zero attached hydrogens (tertiary/aromatic N) is 3. The minimum atomic E-state index is 0.100. The van der Waals surface area contributed by atoms with E-state index in [4.69, 9.17) is 14.5 Å². The van der Waals surface area contributed by atoms with Crippen LogP contribution in [0.1, 0.15) is 37.0 Å². The van der Waals surface area contributed by atoms with E-state index in [1.807, 2.05) is 0 Å². The van der Waals surface area contributed by atoms with Gasteiger partial charge in [-0.25, -0.2) is 0 Å². The molecular weight excluding hydrogens is 352 g/mol. The van der Waals surface area contributed by atoms with Gasteiger partial charge < -0.3 is 19.7 Å². The summed E-state index contributed by atoms with van der Waals surface area (Å²) in [6.07, 6.45) is 2.58. The smallest absolute Gasteiger partial charge is 0.194 e. The summed E-state index contributed by atoms with van der Waals surface area (Å²) in [5, 5.41) is 3.50. The molecule has 156 valence electrons. The first-order valence-electron chi connectivity index (χ1n) is 10.7. The van der Waals surface area contributed by atoms with Gasteiger partial charge in [0.2, 0.25) is 0 Å². The van der Waals surface area contributed by atoms with Crippen LogP contribution >= 0.6 is 0 Å². The zero-order valence-electron chi connectivity index (χ0n) is 17.7. The maximum atomic E-state index is 6.10. The number of hydrogen-bond acceptors (Lipinski definition) is 4. The van der Waals surface area contributed by atoms with Crippen molar-refractivity contribution in [2.75, 3.05) is 59.6 Å². The van der Waals surface area contributed by atoms with Gasteiger partial charge in [0.1, 0.15) is 6.10 Å². The number of nitrogens with one attached hydrogen (secondary N) is 1. The fraction of sp³-hybridized carbons (Fsp3) is 0.682. The lowest BCUT2D eigenvalue weighted by atomic mass is 10.0. The molecule has 28 heavy (non-hydrogen) atoms. The molecule has 0 saturated carbocycles. The topological polar surface area (TPSA) is 49.3 Å². The van der Waals surface area contributed by atoms with Gasteiger partial charge in [0.25, 0.3) is 0 Å². The van der Waals surface area contributed by atoms with Crippen molar-refractivity contribution >= 4 is 5.96 Å². The number of ether oxygens (including phenoxy) is 2. The van der Waals surface area contributed by atoms with E-state index >= 15 is 0 Å². The summed E-state index contributed by atoms with van der Waals surface area (Å²) in [5.41, 5.74) is 2.57. The van der Waals surface area contributed by atoms with E-state index in [9.17, 15) is 0 Å². The number of aryl methyl sites for hydroxylation is 1. The second-order valence-corrected chi connectivity index (χ2v) is 7.68. The number of guanidine groups is 1. The molecule has 0 aromatic heterocycles. The van der Waals surface area contributed by atoms with Crippen molar-refractivity contribution in [3.05, 3.63) is 35.4 Å². The third kappa shape index (κ3) is 5.46. The predicted octanol–water partition coefficient (Wildman–Crippen LogP) is 2.44. The maximum Gasteiger partial charge on any atom is 0.194 e. The van der Waals surface area contributed by atoms with Gasteiger partial charge in [-0.15, -0.1) is 0 Å². The van der Waals surface area contributed by atoms with Crippen LogP contribution in [0.15, 0.2) is 29.3 Å². The molecule has 0 bridgehead atoms. The van der Waals surface area contributed by atoms with Crippen LogP contribution in [0.4, 0.5) is 0 Å². The van der Waals surface area contributed by atoms with E-state index in [2.05, 4.69) is 53.2 Å². The Hall–Kier alpha value is -1.63. The molecule has 1 aromatic rings. The summed E-state index contributed by atoms with van der Waals surface area (Å²) in [7, 11) is 1.77. The van der Waals surface area contributed by atoms with E-state index in [0.29, 0.717) is 6.04 Å². The fourth-order valence-corrected chi connectivity index (χ4v) is 4.20. The first-order valence-corrected chi connectivity index (χ1v) is 10.7. The standard InChI is InChI=1S/C22H36N4O2/c1-4-23-22(24-16-19-9-7-11-25(19)12-14-27-3)26-13-15-28-21(17-26)20-10-6-5-8-18(20)2/h5-6,8,10,19,21H,4,7,9,11-17H2,1-3H3,(H,23,24). The molecule has 2 aliphatic heterocycles. The van der Waals surface area contributed by atoms with Crippen LogP contribution in [0.2, 0.25) is 0 Å². The summed E-state index contributed by atoms with van der Waals surface area (Å²) in [6.45, 7) is 11.4. The van der Waals surface area contributed by atoms with Crippen molar-refractivity contribution in [2.45, 2.75) is 38.8 Å². The quantitative estimate of drug-likeness (QED) is 0.574. The molecule has 2 saturated heterocycles. The molecule has 0 spiro atoms. The minimum Gasteiger partial charge on any atom is -0.383 e. The Morgan fingerprint density at radius 1 is 1.32 bits per heavy atom. The van der Waals surface area contributed by atoms with Crippen molar-refractivity contribution in [3.8, 4) is 0 Å². The average Bonchev–Trinajstić information content (AvgIpc) is 3.17. The van der Waals surface area contributed by atoms with Gasteiger partial charge in [-0.05, 0) is 44.4 Å². The Kier molecular flexibility index (Phi) is 8.13. The van der Waals surface area contributed by atoms with Gasteiger partial charge in [0.05, 0.1) is 26.3 Å². The number of morpholine rings is 1.